The van der Waals surface area contributed by atoms with Gasteiger partial charge in [0.05, 0.1) is 14.2 Å². The molecule has 118 valence electrons. The highest BCUT2D eigenvalue weighted by Gasteiger charge is 2.17. The monoisotopic (exact) mass is 302 g/mol. The molecule has 22 heavy (non-hydrogen) atoms. The summed E-state index contributed by atoms with van der Waals surface area (Å²) in [5.74, 6) is 2.17. The number of hydrogen-bond donors (Lipinski definition) is 0. The molecule has 0 unspecified atom stereocenters. The quantitative estimate of drug-likeness (QED) is 0.761. The van der Waals surface area contributed by atoms with Gasteiger partial charge in [0, 0.05) is 6.07 Å². The highest BCUT2D eigenvalue weighted by molar-refractivity contribution is 5.40. The van der Waals surface area contributed by atoms with Crippen LogP contribution in [0.2, 0.25) is 0 Å². The Balaban J connectivity index is 2.15. The van der Waals surface area contributed by atoms with Gasteiger partial charge in [0.25, 0.3) is 0 Å². The average molecular weight is 302 g/mol. The average Bonchev–Trinajstić information content (AvgIpc) is 2.55. The molecule has 0 saturated carbocycles. The fourth-order valence-electron chi connectivity index (χ4n) is 2.59. The van der Waals surface area contributed by atoms with E-state index in [1.54, 1.807) is 14.2 Å². The molecule has 0 radical (unpaired) electrons. The van der Waals surface area contributed by atoms with Crippen molar-refractivity contribution in [2.75, 3.05) is 14.2 Å². The first-order chi connectivity index (χ1) is 10.5. The SMILES string of the molecule is COc1cc(OC)cc([C@H](C)[C@@H](C)Cc2ccc(F)cc2)c1. The minimum atomic E-state index is -0.193. The first-order valence-electron chi connectivity index (χ1n) is 7.51. The zero-order valence-electron chi connectivity index (χ0n) is 13.6. The Morgan fingerprint density at radius 1 is 0.909 bits per heavy atom. The minimum Gasteiger partial charge on any atom is -0.497 e. The molecule has 0 N–H and O–H groups in total. The fourth-order valence-corrected chi connectivity index (χ4v) is 2.59. The number of ether oxygens (including phenoxy) is 2. The summed E-state index contributed by atoms with van der Waals surface area (Å²) < 4.78 is 23.7. The van der Waals surface area contributed by atoms with E-state index in [-0.39, 0.29) is 5.82 Å². The molecule has 2 aromatic rings. The topological polar surface area (TPSA) is 18.5 Å². The van der Waals surface area contributed by atoms with Crippen LogP contribution in [0.4, 0.5) is 4.39 Å². The van der Waals surface area contributed by atoms with Gasteiger partial charge in [0.1, 0.15) is 17.3 Å². The van der Waals surface area contributed by atoms with E-state index in [1.165, 1.54) is 17.7 Å². The Labute approximate surface area is 131 Å². The van der Waals surface area contributed by atoms with Crippen LogP contribution in [0.5, 0.6) is 11.5 Å². The van der Waals surface area contributed by atoms with Gasteiger partial charge in [0.15, 0.2) is 0 Å². The molecule has 0 aliphatic carbocycles. The number of rotatable bonds is 6. The molecule has 2 rings (SSSR count). The van der Waals surface area contributed by atoms with Crippen LogP contribution < -0.4 is 9.47 Å². The Morgan fingerprint density at radius 3 is 1.95 bits per heavy atom. The van der Waals surface area contributed by atoms with Gasteiger partial charge in [-0.05, 0) is 53.6 Å². The van der Waals surface area contributed by atoms with E-state index in [0.29, 0.717) is 11.8 Å². The van der Waals surface area contributed by atoms with Crippen molar-refractivity contribution in [3.05, 3.63) is 59.4 Å². The van der Waals surface area contributed by atoms with Gasteiger partial charge in [-0.25, -0.2) is 4.39 Å². The lowest BCUT2D eigenvalue weighted by Crippen LogP contribution is -2.10. The molecule has 0 aliphatic heterocycles. The third-order valence-electron chi connectivity index (χ3n) is 4.22. The summed E-state index contributed by atoms with van der Waals surface area (Å²) in [6, 6.07) is 12.7. The van der Waals surface area contributed by atoms with Gasteiger partial charge < -0.3 is 9.47 Å². The van der Waals surface area contributed by atoms with Crippen molar-refractivity contribution >= 4 is 0 Å². The third-order valence-corrected chi connectivity index (χ3v) is 4.22. The summed E-state index contributed by atoms with van der Waals surface area (Å²) in [5.41, 5.74) is 2.33. The summed E-state index contributed by atoms with van der Waals surface area (Å²) in [5, 5.41) is 0. The molecule has 0 amide bonds. The molecule has 2 atom stereocenters. The number of benzene rings is 2. The standard InChI is InChI=1S/C19H23FO2/c1-13(9-15-5-7-17(20)8-6-15)14(2)16-10-18(21-3)12-19(11-16)22-4/h5-8,10-14H,9H2,1-4H3/t13-,14+/m0/s1. The first kappa shape index (κ1) is 16.3. The Morgan fingerprint density at radius 2 is 1.45 bits per heavy atom. The van der Waals surface area contributed by atoms with Crippen LogP contribution in [0, 0.1) is 11.7 Å². The summed E-state index contributed by atoms with van der Waals surface area (Å²) in [4.78, 5) is 0. The number of methoxy groups -OCH3 is 2. The molecule has 2 aromatic carbocycles. The summed E-state index contributed by atoms with van der Waals surface area (Å²) >= 11 is 0. The predicted molar refractivity (Wildman–Crippen MR) is 87.2 cm³/mol. The normalized spacial score (nSPS) is 13.5. The van der Waals surface area contributed by atoms with Gasteiger partial charge in [-0.15, -0.1) is 0 Å². The lowest BCUT2D eigenvalue weighted by atomic mass is 9.84. The minimum absolute atomic E-state index is 0.193. The molecule has 2 nitrogen and oxygen atoms in total. The van der Waals surface area contributed by atoms with E-state index in [2.05, 4.69) is 13.8 Å². The zero-order chi connectivity index (χ0) is 16.1. The molecular weight excluding hydrogens is 279 g/mol. The molecule has 3 heteroatoms. The van der Waals surface area contributed by atoms with Crippen LogP contribution in [0.15, 0.2) is 42.5 Å². The number of halogens is 1. The molecule has 0 aromatic heterocycles. The van der Waals surface area contributed by atoms with Crippen molar-refractivity contribution in [1.29, 1.82) is 0 Å². The largest absolute Gasteiger partial charge is 0.497 e. The molecular formula is C19H23FO2. The Hall–Kier alpha value is -2.03. The molecule has 0 bridgehead atoms. The van der Waals surface area contributed by atoms with Crippen LogP contribution in [0.1, 0.15) is 30.9 Å². The van der Waals surface area contributed by atoms with Gasteiger partial charge in [-0.1, -0.05) is 26.0 Å². The predicted octanol–water partition coefficient (Wildman–Crippen LogP) is 4.83. The molecule has 0 fully saturated rings. The second-order valence-electron chi connectivity index (χ2n) is 5.74. The lowest BCUT2D eigenvalue weighted by Gasteiger charge is -2.21. The molecule has 0 heterocycles. The van der Waals surface area contributed by atoms with Crippen LogP contribution in [-0.4, -0.2) is 14.2 Å². The van der Waals surface area contributed by atoms with Crippen LogP contribution in [-0.2, 0) is 6.42 Å². The second-order valence-corrected chi connectivity index (χ2v) is 5.74. The van der Waals surface area contributed by atoms with E-state index < -0.39 is 0 Å². The molecule has 0 saturated heterocycles. The molecule has 0 aliphatic rings. The second kappa shape index (κ2) is 7.30. The van der Waals surface area contributed by atoms with E-state index in [4.69, 9.17) is 9.47 Å². The Kier molecular flexibility index (Phi) is 5.42. The van der Waals surface area contributed by atoms with E-state index in [9.17, 15) is 4.39 Å². The van der Waals surface area contributed by atoms with Crippen molar-refractivity contribution in [2.24, 2.45) is 5.92 Å². The maximum atomic E-state index is 13.0. The van der Waals surface area contributed by atoms with Gasteiger partial charge in [-0.3, -0.25) is 0 Å². The third kappa shape index (κ3) is 4.00. The van der Waals surface area contributed by atoms with Gasteiger partial charge in [-0.2, -0.15) is 0 Å². The fraction of sp³-hybridized carbons (Fsp3) is 0.368. The zero-order valence-corrected chi connectivity index (χ0v) is 13.6. The van der Waals surface area contributed by atoms with Crippen LogP contribution >= 0.6 is 0 Å². The highest BCUT2D eigenvalue weighted by Crippen LogP contribution is 2.32. The van der Waals surface area contributed by atoms with Crippen molar-refractivity contribution in [1.82, 2.24) is 0 Å². The van der Waals surface area contributed by atoms with Crippen molar-refractivity contribution in [2.45, 2.75) is 26.2 Å². The van der Waals surface area contributed by atoms with Gasteiger partial charge in [0.2, 0.25) is 0 Å². The lowest BCUT2D eigenvalue weighted by molar-refractivity contribution is 0.390. The summed E-state index contributed by atoms with van der Waals surface area (Å²) in [6.45, 7) is 4.41. The summed E-state index contributed by atoms with van der Waals surface area (Å²) in [6.07, 6.45) is 0.904. The maximum Gasteiger partial charge on any atom is 0.123 e. The van der Waals surface area contributed by atoms with Crippen LogP contribution in [0.3, 0.4) is 0 Å². The van der Waals surface area contributed by atoms with Crippen molar-refractivity contribution in [3.63, 3.8) is 0 Å². The van der Waals surface area contributed by atoms with Crippen molar-refractivity contribution in [3.8, 4) is 11.5 Å². The maximum absolute atomic E-state index is 13.0. The Bertz CT molecular complexity index is 585. The number of hydrogen-bond acceptors (Lipinski definition) is 2. The van der Waals surface area contributed by atoms with Gasteiger partial charge >= 0.3 is 0 Å². The summed E-state index contributed by atoms with van der Waals surface area (Å²) in [7, 11) is 3.32. The van der Waals surface area contributed by atoms with Crippen LogP contribution in [0.25, 0.3) is 0 Å². The van der Waals surface area contributed by atoms with Crippen molar-refractivity contribution < 1.29 is 13.9 Å². The first-order valence-corrected chi connectivity index (χ1v) is 7.51. The van der Waals surface area contributed by atoms with E-state index in [1.807, 2.05) is 30.3 Å². The molecule has 0 spiro atoms. The smallest absolute Gasteiger partial charge is 0.123 e. The van der Waals surface area contributed by atoms with E-state index in [0.717, 1.165) is 23.5 Å². The highest BCUT2D eigenvalue weighted by atomic mass is 19.1. The van der Waals surface area contributed by atoms with E-state index >= 15 is 0 Å².